The van der Waals surface area contributed by atoms with Crippen LogP contribution in [0.15, 0.2) is 126 Å². The van der Waals surface area contributed by atoms with Crippen LogP contribution in [-0.2, 0) is 9.31 Å². The van der Waals surface area contributed by atoms with E-state index in [9.17, 15) is 0 Å². The molecular formula is C40H32BNO3. The van der Waals surface area contributed by atoms with E-state index >= 15 is 0 Å². The molecule has 2 aromatic heterocycles. The number of aromatic nitrogens is 1. The lowest BCUT2D eigenvalue weighted by atomic mass is 9.79. The van der Waals surface area contributed by atoms with Gasteiger partial charge in [-0.25, -0.2) is 0 Å². The number of furan rings is 1. The van der Waals surface area contributed by atoms with Gasteiger partial charge in [0.2, 0.25) is 0 Å². The Hall–Kier alpha value is -4.84. The molecule has 8 aromatic rings. The zero-order chi connectivity index (χ0) is 30.5. The second-order valence-corrected chi connectivity index (χ2v) is 13.2. The summed E-state index contributed by atoms with van der Waals surface area (Å²) in [6.07, 6.45) is 0. The van der Waals surface area contributed by atoms with Crippen molar-refractivity contribution in [3.8, 4) is 16.8 Å². The Kier molecular flexibility index (Phi) is 5.51. The average Bonchev–Trinajstić information content (AvgIpc) is 3.66. The summed E-state index contributed by atoms with van der Waals surface area (Å²) >= 11 is 0. The molecule has 0 spiro atoms. The van der Waals surface area contributed by atoms with Gasteiger partial charge >= 0.3 is 7.12 Å². The van der Waals surface area contributed by atoms with Crippen molar-refractivity contribution in [2.24, 2.45) is 0 Å². The Labute approximate surface area is 261 Å². The van der Waals surface area contributed by atoms with Gasteiger partial charge in [0.25, 0.3) is 0 Å². The zero-order valence-electron chi connectivity index (χ0n) is 25.8. The van der Waals surface area contributed by atoms with Crippen molar-refractivity contribution < 1.29 is 13.7 Å². The van der Waals surface area contributed by atoms with E-state index in [1.165, 1.54) is 32.6 Å². The van der Waals surface area contributed by atoms with Gasteiger partial charge in [-0.2, -0.15) is 0 Å². The third-order valence-corrected chi connectivity index (χ3v) is 10.0. The van der Waals surface area contributed by atoms with Crippen LogP contribution in [0.2, 0.25) is 0 Å². The van der Waals surface area contributed by atoms with E-state index in [0.717, 1.165) is 44.2 Å². The molecule has 5 heteroatoms. The summed E-state index contributed by atoms with van der Waals surface area (Å²) in [4.78, 5) is 0. The first kappa shape index (κ1) is 26.6. The minimum atomic E-state index is -0.440. The van der Waals surface area contributed by atoms with Gasteiger partial charge in [-0.05, 0) is 97.5 Å². The molecule has 0 unspecified atom stereocenters. The van der Waals surface area contributed by atoms with E-state index in [1.54, 1.807) is 0 Å². The molecule has 0 bridgehead atoms. The fourth-order valence-corrected chi connectivity index (χ4v) is 7.02. The van der Waals surface area contributed by atoms with Crippen molar-refractivity contribution in [2.75, 3.05) is 0 Å². The Morgan fingerprint density at radius 1 is 0.533 bits per heavy atom. The Balaban J connectivity index is 1.24. The van der Waals surface area contributed by atoms with Crippen LogP contribution in [0.1, 0.15) is 27.7 Å². The molecule has 0 amide bonds. The summed E-state index contributed by atoms with van der Waals surface area (Å²) in [6.45, 7) is 8.32. The van der Waals surface area contributed by atoms with E-state index in [4.69, 9.17) is 13.7 Å². The van der Waals surface area contributed by atoms with E-state index < -0.39 is 18.3 Å². The number of fused-ring (bicyclic) bond motifs is 8. The average molecular weight is 586 g/mol. The second kappa shape index (κ2) is 9.34. The van der Waals surface area contributed by atoms with Crippen LogP contribution in [0.25, 0.3) is 71.3 Å². The van der Waals surface area contributed by atoms with Crippen LogP contribution in [0.4, 0.5) is 0 Å². The smallest absolute Gasteiger partial charge is 0.456 e. The number of para-hydroxylation sites is 2. The van der Waals surface area contributed by atoms with E-state index in [-0.39, 0.29) is 0 Å². The quantitative estimate of drug-likeness (QED) is 0.194. The maximum Gasteiger partial charge on any atom is 0.494 e. The molecule has 1 aliphatic heterocycles. The molecule has 0 N–H and O–H groups in total. The maximum absolute atomic E-state index is 6.63. The third kappa shape index (κ3) is 3.87. The monoisotopic (exact) mass is 585 g/mol. The van der Waals surface area contributed by atoms with Gasteiger partial charge in [-0.3, -0.25) is 0 Å². The van der Waals surface area contributed by atoms with Gasteiger partial charge in [0.15, 0.2) is 0 Å². The Morgan fingerprint density at radius 2 is 1.20 bits per heavy atom. The number of nitrogens with zero attached hydrogens (tertiary/aromatic N) is 1. The molecule has 1 fully saturated rings. The van der Waals surface area contributed by atoms with E-state index in [0.29, 0.717) is 0 Å². The summed E-state index contributed by atoms with van der Waals surface area (Å²) in [7, 11) is -0.440. The molecule has 3 heterocycles. The second-order valence-electron chi connectivity index (χ2n) is 13.2. The minimum absolute atomic E-state index is 0.403. The van der Waals surface area contributed by atoms with Gasteiger partial charge in [0.1, 0.15) is 11.2 Å². The van der Waals surface area contributed by atoms with Gasteiger partial charge in [-0.1, -0.05) is 78.9 Å². The third-order valence-electron chi connectivity index (χ3n) is 10.0. The lowest BCUT2D eigenvalue weighted by Gasteiger charge is -2.32. The molecule has 9 rings (SSSR count). The number of benzene rings is 6. The molecule has 0 saturated carbocycles. The van der Waals surface area contributed by atoms with Gasteiger partial charge in [-0.15, -0.1) is 0 Å². The number of hydrogen-bond donors (Lipinski definition) is 0. The predicted molar refractivity (Wildman–Crippen MR) is 187 cm³/mol. The lowest BCUT2D eigenvalue weighted by Crippen LogP contribution is -2.41. The number of rotatable bonds is 3. The van der Waals surface area contributed by atoms with Crippen LogP contribution in [0.3, 0.4) is 0 Å². The first-order valence-corrected chi connectivity index (χ1v) is 15.6. The zero-order valence-corrected chi connectivity index (χ0v) is 25.8. The topological polar surface area (TPSA) is 36.5 Å². The molecule has 45 heavy (non-hydrogen) atoms. The van der Waals surface area contributed by atoms with Crippen molar-refractivity contribution in [1.29, 1.82) is 0 Å². The molecule has 0 atom stereocenters. The normalized spacial score (nSPS) is 16.1. The van der Waals surface area contributed by atoms with E-state index in [2.05, 4.69) is 154 Å². The first-order valence-electron chi connectivity index (χ1n) is 15.6. The minimum Gasteiger partial charge on any atom is -0.456 e. The molecule has 1 saturated heterocycles. The number of hydrogen-bond acceptors (Lipinski definition) is 3. The summed E-state index contributed by atoms with van der Waals surface area (Å²) in [5, 5.41) is 7.07. The Bertz CT molecular complexity index is 2440. The fourth-order valence-electron chi connectivity index (χ4n) is 7.02. The highest BCUT2D eigenvalue weighted by molar-refractivity contribution is 6.62. The maximum atomic E-state index is 6.63. The molecule has 0 radical (unpaired) electrons. The largest absolute Gasteiger partial charge is 0.494 e. The van der Waals surface area contributed by atoms with Crippen LogP contribution < -0.4 is 5.46 Å². The molecular weight excluding hydrogens is 553 g/mol. The van der Waals surface area contributed by atoms with Crippen LogP contribution >= 0.6 is 0 Å². The van der Waals surface area contributed by atoms with Crippen LogP contribution in [0, 0.1) is 0 Å². The highest BCUT2D eigenvalue weighted by atomic mass is 16.7. The van der Waals surface area contributed by atoms with Crippen molar-refractivity contribution in [2.45, 2.75) is 38.9 Å². The van der Waals surface area contributed by atoms with Gasteiger partial charge in [0.05, 0.1) is 22.2 Å². The van der Waals surface area contributed by atoms with Crippen molar-refractivity contribution in [1.82, 2.24) is 4.57 Å². The van der Waals surface area contributed by atoms with Crippen molar-refractivity contribution >= 4 is 67.1 Å². The summed E-state index contributed by atoms with van der Waals surface area (Å²) in [5.74, 6) is 0. The fraction of sp³-hybridized carbons (Fsp3) is 0.150. The summed E-state index contributed by atoms with van der Waals surface area (Å²) in [6, 6.07) is 43.3. The Morgan fingerprint density at radius 3 is 1.98 bits per heavy atom. The van der Waals surface area contributed by atoms with Crippen molar-refractivity contribution in [3.05, 3.63) is 121 Å². The van der Waals surface area contributed by atoms with Gasteiger partial charge in [0, 0.05) is 27.2 Å². The van der Waals surface area contributed by atoms with E-state index in [1.807, 2.05) is 0 Å². The van der Waals surface area contributed by atoms with Crippen LogP contribution in [-0.4, -0.2) is 22.9 Å². The summed E-state index contributed by atoms with van der Waals surface area (Å²) < 4.78 is 21.7. The standard InChI is InChI=1S/C40H32BNO3/c1-39(2)40(3,4)45-41(44-39)26-19-20-31-36(23-26)43-37-24-32(28-14-8-9-16-30(28)38(31)37)25-18-21-35-33(22-25)29-15-10-11-17-34(29)42(35)27-12-6-5-7-13-27/h5-24H,1-4H3. The predicted octanol–water partition coefficient (Wildman–Crippen LogP) is 9.80. The highest BCUT2D eigenvalue weighted by Crippen LogP contribution is 2.42. The van der Waals surface area contributed by atoms with Crippen molar-refractivity contribution in [3.63, 3.8) is 0 Å². The molecule has 4 nitrogen and oxygen atoms in total. The van der Waals surface area contributed by atoms with Crippen LogP contribution in [0.5, 0.6) is 0 Å². The molecule has 6 aromatic carbocycles. The summed E-state index contributed by atoms with van der Waals surface area (Å²) in [5.41, 5.74) is 7.73. The SMILES string of the molecule is CC1(C)OB(c2ccc3c(c2)oc2cc(-c4ccc5c(c4)c4ccccc4n5-c4ccccc4)c4ccccc4c23)OC1(C)C. The highest BCUT2D eigenvalue weighted by Gasteiger charge is 2.51. The first-order chi connectivity index (χ1) is 21.8. The lowest BCUT2D eigenvalue weighted by molar-refractivity contribution is 0.00578. The molecule has 1 aliphatic rings. The molecule has 218 valence electrons. The van der Waals surface area contributed by atoms with Gasteiger partial charge < -0.3 is 18.3 Å². The molecule has 0 aliphatic carbocycles.